The summed E-state index contributed by atoms with van der Waals surface area (Å²) in [6.07, 6.45) is 0. The SMILES string of the molecule is Nc1ccc(C(=O)Oc2cccc(OC(=O)c3ccc(N)cc3N)c2)c(N)c1. The topological polar surface area (TPSA) is 157 Å². The van der Waals surface area contributed by atoms with Gasteiger partial charge in [0.05, 0.1) is 11.1 Å². The third-order valence-corrected chi connectivity index (χ3v) is 3.82. The van der Waals surface area contributed by atoms with Gasteiger partial charge in [0.2, 0.25) is 0 Å². The fourth-order valence-electron chi connectivity index (χ4n) is 2.46. The Hall–Kier alpha value is -4.20. The van der Waals surface area contributed by atoms with Crippen LogP contribution >= 0.6 is 0 Å². The summed E-state index contributed by atoms with van der Waals surface area (Å²) in [5.41, 5.74) is 24.4. The molecule has 0 saturated heterocycles. The van der Waals surface area contributed by atoms with Gasteiger partial charge in [-0.1, -0.05) is 6.07 Å². The van der Waals surface area contributed by atoms with Crippen molar-refractivity contribution in [3.63, 3.8) is 0 Å². The van der Waals surface area contributed by atoms with Crippen LogP contribution in [0.1, 0.15) is 20.7 Å². The molecule has 0 aliphatic rings. The zero-order chi connectivity index (χ0) is 20.3. The number of nitrogen functional groups attached to an aromatic ring is 4. The predicted molar refractivity (Wildman–Crippen MR) is 107 cm³/mol. The molecule has 8 heteroatoms. The van der Waals surface area contributed by atoms with Crippen LogP contribution in [0.15, 0.2) is 60.7 Å². The maximum atomic E-state index is 12.3. The van der Waals surface area contributed by atoms with Crippen LogP contribution in [0.2, 0.25) is 0 Å². The number of hydrogen-bond acceptors (Lipinski definition) is 8. The Balaban J connectivity index is 1.75. The molecule has 0 saturated carbocycles. The van der Waals surface area contributed by atoms with E-state index in [9.17, 15) is 9.59 Å². The summed E-state index contributed by atoms with van der Waals surface area (Å²) in [6.45, 7) is 0. The van der Waals surface area contributed by atoms with E-state index >= 15 is 0 Å². The zero-order valence-corrected chi connectivity index (χ0v) is 14.7. The first-order valence-corrected chi connectivity index (χ1v) is 8.18. The lowest BCUT2D eigenvalue weighted by molar-refractivity contribution is 0.0734. The number of nitrogens with two attached hydrogens (primary N) is 4. The Morgan fingerprint density at radius 1 is 0.607 bits per heavy atom. The van der Waals surface area contributed by atoms with E-state index < -0.39 is 11.9 Å². The number of esters is 2. The van der Waals surface area contributed by atoms with Gasteiger partial charge in [0.15, 0.2) is 0 Å². The molecule has 0 aliphatic carbocycles. The van der Waals surface area contributed by atoms with Gasteiger partial charge in [-0.25, -0.2) is 9.59 Å². The van der Waals surface area contributed by atoms with Crippen LogP contribution in [0.4, 0.5) is 22.7 Å². The molecular formula is C20H18N4O4. The van der Waals surface area contributed by atoms with Gasteiger partial charge in [0, 0.05) is 28.8 Å². The van der Waals surface area contributed by atoms with E-state index in [1.54, 1.807) is 30.3 Å². The second kappa shape index (κ2) is 7.58. The maximum absolute atomic E-state index is 12.3. The summed E-state index contributed by atoms with van der Waals surface area (Å²) in [4.78, 5) is 24.6. The molecule has 0 aliphatic heterocycles. The minimum Gasteiger partial charge on any atom is -0.423 e. The largest absolute Gasteiger partial charge is 0.423 e. The summed E-state index contributed by atoms with van der Waals surface area (Å²) < 4.78 is 10.6. The monoisotopic (exact) mass is 378 g/mol. The van der Waals surface area contributed by atoms with Gasteiger partial charge in [-0.15, -0.1) is 0 Å². The summed E-state index contributed by atoms with van der Waals surface area (Å²) in [6, 6.07) is 15.0. The van der Waals surface area contributed by atoms with Gasteiger partial charge in [-0.2, -0.15) is 0 Å². The Labute approximate surface area is 160 Å². The number of rotatable bonds is 4. The number of hydrogen-bond donors (Lipinski definition) is 4. The van der Waals surface area contributed by atoms with Crippen molar-refractivity contribution in [3.05, 3.63) is 71.8 Å². The van der Waals surface area contributed by atoms with Crippen molar-refractivity contribution in [2.24, 2.45) is 0 Å². The van der Waals surface area contributed by atoms with E-state index in [-0.39, 0.29) is 34.0 Å². The van der Waals surface area contributed by atoms with Crippen molar-refractivity contribution < 1.29 is 19.1 Å². The molecule has 8 N–H and O–H groups in total. The lowest BCUT2D eigenvalue weighted by Crippen LogP contribution is -2.13. The molecule has 3 rings (SSSR count). The van der Waals surface area contributed by atoms with Crippen molar-refractivity contribution in [1.29, 1.82) is 0 Å². The molecule has 28 heavy (non-hydrogen) atoms. The first kappa shape index (κ1) is 18.6. The second-order valence-electron chi connectivity index (χ2n) is 5.95. The molecule has 3 aromatic carbocycles. The van der Waals surface area contributed by atoms with E-state index in [0.717, 1.165) is 0 Å². The highest BCUT2D eigenvalue weighted by molar-refractivity contribution is 5.98. The van der Waals surface area contributed by atoms with E-state index in [4.69, 9.17) is 32.4 Å². The van der Waals surface area contributed by atoms with Crippen molar-refractivity contribution in [2.45, 2.75) is 0 Å². The standard InChI is InChI=1S/C20H18N4O4/c21-11-4-6-15(17(23)8-11)19(25)27-13-2-1-3-14(10-13)28-20(26)16-7-5-12(22)9-18(16)24/h1-10H,21-24H2. The average Bonchev–Trinajstić information content (AvgIpc) is 2.61. The van der Waals surface area contributed by atoms with Crippen molar-refractivity contribution in [3.8, 4) is 11.5 Å². The number of anilines is 4. The highest BCUT2D eigenvalue weighted by atomic mass is 16.5. The smallest absolute Gasteiger partial charge is 0.345 e. The van der Waals surface area contributed by atoms with Gasteiger partial charge < -0.3 is 32.4 Å². The molecule has 0 bridgehead atoms. The first-order chi connectivity index (χ1) is 13.3. The Morgan fingerprint density at radius 3 is 1.43 bits per heavy atom. The predicted octanol–water partition coefficient (Wildman–Crippen LogP) is 2.45. The van der Waals surface area contributed by atoms with Crippen LogP contribution in [0.3, 0.4) is 0 Å². The quantitative estimate of drug-likeness (QED) is 0.306. The van der Waals surface area contributed by atoms with Crippen LogP contribution in [0, 0.1) is 0 Å². The van der Waals surface area contributed by atoms with Gasteiger partial charge in [-0.05, 0) is 48.5 Å². The third-order valence-electron chi connectivity index (χ3n) is 3.82. The molecule has 0 heterocycles. The van der Waals surface area contributed by atoms with E-state index in [2.05, 4.69) is 0 Å². The maximum Gasteiger partial charge on any atom is 0.345 e. The average molecular weight is 378 g/mol. The molecular weight excluding hydrogens is 360 g/mol. The molecule has 0 amide bonds. The molecule has 0 atom stereocenters. The molecule has 3 aromatic rings. The van der Waals surface area contributed by atoms with Gasteiger partial charge in [-0.3, -0.25) is 0 Å². The minimum atomic E-state index is -0.663. The highest BCUT2D eigenvalue weighted by Gasteiger charge is 2.15. The number of carbonyl (C=O) groups is 2. The Bertz CT molecular complexity index is 985. The molecule has 8 nitrogen and oxygen atoms in total. The van der Waals surface area contributed by atoms with Crippen LogP contribution < -0.4 is 32.4 Å². The lowest BCUT2D eigenvalue weighted by Gasteiger charge is -2.10. The highest BCUT2D eigenvalue weighted by Crippen LogP contribution is 2.24. The van der Waals surface area contributed by atoms with Crippen molar-refractivity contribution in [1.82, 2.24) is 0 Å². The summed E-state index contributed by atoms with van der Waals surface area (Å²) >= 11 is 0. The first-order valence-electron chi connectivity index (χ1n) is 8.18. The molecule has 0 radical (unpaired) electrons. The minimum absolute atomic E-state index is 0.172. The number of ether oxygens (including phenoxy) is 2. The van der Waals surface area contributed by atoms with E-state index in [1.165, 1.54) is 30.3 Å². The molecule has 0 spiro atoms. The zero-order valence-electron chi connectivity index (χ0n) is 14.7. The van der Waals surface area contributed by atoms with Gasteiger partial charge in [0.1, 0.15) is 11.5 Å². The molecule has 0 unspecified atom stereocenters. The normalized spacial score (nSPS) is 10.3. The van der Waals surface area contributed by atoms with E-state index in [0.29, 0.717) is 11.4 Å². The fourth-order valence-corrected chi connectivity index (χ4v) is 2.46. The van der Waals surface area contributed by atoms with Crippen molar-refractivity contribution >= 4 is 34.7 Å². The van der Waals surface area contributed by atoms with Gasteiger partial charge in [0.25, 0.3) is 0 Å². The van der Waals surface area contributed by atoms with Crippen molar-refractivity contribution in [2.75, 3.05) is 22.9 Å². The summed E-state index contributed by atoms with van der Waals surface area (Å²) in [5, 5.41) is 0. The summed E-state index contributed by atoms with van der Waals surface area (Å²) in [7, 11) is 0. The van der Waals surface area contributed by atoms with E-state index in [1.807, 2.05) is 0 Å². The number of carbonyl (C=O) groups excluding carboxylic acids is 2. The molecule has 142 valence electrons. The van der Waals surface area contributed by atoms with Crippen LogP contribution in [-0.2, 0) is 0 Å². The molecule has 0 fully saturated rings. The lowest BCUT2D eigenvalue weighted by atomic mass is 10.1. The second-order valence-corrected chi connectivity index (χ2v) is 5.95. The van der Waals surface area contributed by atoms with Crippen LogP contribution in [0.25, 0.3) is 0 Å². The van der Waals surface area contributed by atoms with Gasteiger partial charge >= 0.3 is 11.9 Å². The fraction of sp³-hybridized carbons (Fsp3) is 0. The molecule has 0 aromatic heterocycles. The Morgan fingerprint density at radius 2 is 1.04 bits per heavy atom. The number of benzene rings is 3. The van der Waals surface area contributed by atoms with Crippen LogP contribution in [-0.4, -0.2) is 11.9 Å². The van der Waals surface area contributed by atoms with Crippen LogP contribution in [0.5, 0.6) is 11.5 Å². The summed E-state index contributed by atoms with van der Waals surface area (Å²) in [5.74, 6) is -0.971. The third kappa shape index (κ3) is 4.13. The Kier molecular flexibility index (Phi) is 5.03.